The molecular formula is C15H16N2O3. The van der Waals surface area contributed by atoms with Crippen LogP contribution in [-0.2, 0) is 14.3 Å². The molecular weight excluding hydrogens is 256 g/mol. The molecule has 2 aromatic rings. The monoisotopic (exact) mass is 272 g/mol. The highest BCUT2D eigenvalue weighted by Crippen LogP contribution is 2.16. The van der Waals surface area contributed by atoms with Gasteiger partial charge in [0.05, 0.1) is 24.0 Å². The Kier molecular flexibility index (Phi) is 4.30. The smallest absolute Gasteiger partial charge is 0.318 e. The highest BCUT2D eigenvalue weighted by atomic mass is 16.5. The summed E-state index contributed by atoms with van der Waals surface area (Å²) >= 11 is 0. The van der Waals surface area contributed by atoms with E-state index in [1.54, 1.807) is 13.1 Å². The Hall–Kier alpha value is -2.43. The van der Waals surface area contributed by atoms with Crippen LogP contribution in [0.2, 0.25) is 0 Å². The number of fused-ring (bicyclic) bond motifs is 1. The molecule has 1 aromatic carbocycles. The lowest BCUT2D eigenvalue weighted by molar-refractivity contribution is -0.150. The van der Waals surface area contributed by atoms with Crippen molar-refractivity contribution in [3.05, 3.63) is 36.5 Å². The normalized spacial score (nSPS) is 11.9. The standard InChI is InChI=1S/C15H16N2O3/c1-3-20-15(19)10(2)14(18)17-12-8-11-6-4-5-7-13(11)16-9-12/h4-10H,3H2,1-2H3,(H,17,18). The number of hydrogen-bond acceptors (Lipinski definition) is 4. The summed E-state index contributed by atoms with van der Waals surface area (Å²) in [5, 5.41) is 3.60. The average Bonchev–Trinajstić information content (AvgIpc) is 2.46. The minimum atomic E-state index is -0.846. The third kappa shape index (κ3) is 3.12. The summed E-state index contributed by atoms with van der Waals surface area (Å²) in [4.78, 5) is 27.7. The molecule has 0 fully saturated rings. The molecule has 1 unspecified atom stereocenters. The van der Waals surface area contributed by atoms with E-state index in [-0.39, 0.29) is 6.61 Å². The minimum Gasteiger partial charge on any atom is -0.465 e. The number of pyridine rings is 1. The maximum absolute atomic E-state index is 11.9. The van der Waals surface area contributed by atoms with Crippen molar-refractivity contribution < 1.29 is 14.3 Å². The Balaban J connectivity index is 2.11. The molecule has 0 bridgehead atoms. The van der Waals surface area contributed by atoms with E-state index in [4.69, 9.17) is 4.74 Å². The summed E-state index contributed by atoms with van der Waals surface area (Å²) in [5.74, 6) is -1.78. The van der Waals surface area contributed by atoms with Crippen molar-refractivity contribution in [1.29, 1.82) is 0 Å². The second-order valence-electron chi connectivity index (χ2n) is 4.38. The van der Waals surface area contributed by atoms with Gasteiger partial charge in [0.15, 0.2) is 0 Å². The van der Waals surface area contributed by atoms with Crippen molar-refractivity contribution in [2.24, 2.45) is 5.92 Å². The predicted octanol–water partition coefficient (Wildman–Crippen LogP) is 2.37. The molecule has 1 amide bonds. The van der Waals surface area contributed by atoms with Gasteiger partial charge in [0.25, 0.3) is 0 Å². The summed E-state index contributed by atoms with van der Waals surface area (Å²) in [6.07, 6.45) is 1.57. The largest absolute Gasteiger partial charge is 0.465 e. The maximum atomic E-state index is 11.9. The van der Waals surface area contributed by atoms with E-state index < -0.39 is 17.8 Å². The van der Waals surface area contributed by atoms with Gasteiger partial charge in [0.1, 0.15) is 5.92 Å². The van der Waals surface area contributed by atoms with Crippen LogP contribution in [0.3, 0.4) is 0 Å². The first-order valence-corrected chi connectivity index (χ1v) is 6.44. The third-order valence-corrected chi connectivity index (χ3v) is 2.89. The van der Waals surface area contributed by atoms with Crippen LogP contribution in [0.4, 0.5) is 5.69 Å². The fourth-order valence-corrected chi connectivity index (χ4v) is 1.76. The number of carbonyl (C=O) groups excluding carboxylic acids is 2. The SMILES string of the molecule is CCOC(=O)C(C)C(=O)Nc1cnc2ccccc2c1. The fraction of sp³-hybridized carbons (Fsp3) is 0.267. The van der Waals surface area contributed by atoms with Gasteiger partial charge in [-0.15, -0.1) is 0 Å². The van der Waals surface area contributed by atoms with E-state index in [0.717, 1.165) is 10.9 Å². The molecule has 0 spiro atoms. The minimum absolute atomic E-state index is 0.258. The zero-order valence-electron chi connectivity index (χ0n) is 11.4. The van der Waals surface area contributed by atoms with Crippen LogP contribution in [0.25, 0.3) is 10.9 Å². The maximum Gasteiger partial charge on any atom is 0.318 e. The van der Waals surface area contributed by atoms with Crippen LogP contribution in [0.1, 0.15) is 13.8 Å². The van der Waals surface area contributed by atoms with Gasteiger partial charge in [-0.1, -0.05) is 18.2 Å². The van der Waals surface area contributed by atoms with Gasteiger partial charge in [-0.25, -0.2) is 0 Å². The molecule has 0 saturated carbocycles. The van der Waals surface area contributed by atoms with E-state index in [1.165, 1.54) is 6.92 Å². The quantitative estimate of drug-likeness (QED) is 0.685. The molecule has 0 radical (unpaired) electrons. The lowest BCUT2D eigenvalue weighted by atomic mass is 10.1. The van der Waals surface area contributed by atoms with Gasteiger partial charge in [0.2, 0.25) is 5.91 Å². The van der Waals surface area contributed by atoms with E-state index >= 15 is 0 Å². The van der Waals surface area contributed by atoms with Crippen LogP contribution in [-0.4, -0.2) is 23.5 Å². The molecule has 1 heterocycles. The number of nitrogens with one attached hydrogen (secondary N) is 1. The number of para-hydroxylation sites is 1. The Morgan fingerprint density at radius 2 is 2.10 bits per heavy atom. The summed E-state index contributed by atoms with van der Waals surface area (Å²) in [5.41, 5.74) is 1.41. The molecule has 20 heavy (non-hydrogen) atoms. The van der Waals surface area contributed by atoms with E-state index in [0.29, 0.717) is 5.69 Å². The van der Waals surface area contributed by atoms with Crippen LogP contribution < -0.4 is 5.32 Å². The first-order valence-electron chi connectivity index (χ1n) is 6.44. The van der Waals surface area contributed by atoms with Gasteiger partial charge in [-0.2, -0.15) is 0 Å². The van der Waals surface area contributed by atoms with Crippen LogP contribution in [0.5, 0.6) is 0 Å². The van der Waals surface area contributed by atoms with E-state index in [2.05, 4.69) is 10.3 Å². The molecule has 0 aliphatic heterocycles. The van der Waals surface area contributed by atoms with Crippen molar-refractivity contribution in [2.45, 2.75) is 13.8 Å². The molecule has 5 nitrogen and oxygen atoms in total. The Labute approximate surface area is 117 Å². The number of anilines is 1. The molecule has 0 saturated heterocycles. The topological polar surface area (TPSA) is 68.3 Å². The Morgan fingerprint density at radius 1 is 1.35 bits per heavy atom. The number of esters is 1. The lowest BCUT2D eigenvalue weighted by Gasteiger charge is -2.11. The summed E-state index contributed by atoms with van der Waals surface area (Å²) in [6, 6.07) is 9.42. The van der Waals surface area contributed by atoms with Crippen molar-refractivity contribution in [1.82, 2.24) is 4.98 Å². The Bertz CT molecular complexity index is 640. The molecule has 1 aromatic heterocycles. The average molecular weight is 272 g/mol. The van der Waals surface area contributed by atoms with Gasteiger partial charge >= 0.3 is 5.97 Å². The number of amides is 1. The van der Waals surface area contributed by atoms with Crippen LogP contribution in [0, 0.1) is 5.92 Å². The lowest BCUT2D eigenvalue weighted by Crippen LogP contribution is -2.28. The molecule has 1 N–H and O–H groups in total. The zero-order chi connectivity index (χ0) is 14.5. The number of aromatic nitrogens is 1. The van der Waals surface area contributed by atoms with E-state index in [9.17, 15) is 9.59 Å². The van der Waals surface area contributed by atoms with Crippen molar-refractivity contribution in [3.63, 3.8) is 0 Å². The number of ether oxygens (including phenoxy) is 1. The Morgan fingerprint density at radius 3 is 2.85 bits per heavy atom. The second kappa shape index (κ2) is 6.14. The number of carbonyl (C=O) groups is 2. The highest BCUT2D eigenvalue weighted by molar-refractivity contribution is 6.04. The van der Waals surface area contributed by atoms with Gasteiger partial charge in [-0.3, -0.25) is 14.6 Å². The highest BCUT2D eigenvalue weighted by Gasteiger charge is 2.22. The van der Waals surface area contributed by atoms with Crippen LogP contribution >= 0.6 is 0 Å². The predicted molar refractivity (Wildman–Crippen MR) is 76.2 cm³/mol. The summed E-state index contributed by atoms with van der Waals surface area (Å²) in [7, 11) is 0. The van der Waals surface area contributed by atoms with Crippen LogP contribution in [0.15, 0.2) is 36.5 Å². The fourth-order valence-electron chi connectivity index (χ4n) is 1.76. The molecule has 104 valence electrons. The summed E-state index contributed by atoms with van der Waals surface area (Å²) in [6.45, 7) is 3.48. The third-order valence-electron chi connectivity index (χ3n) is 2.89. The number of benzene rings is 1. The molecule has 2 rings (SSSR count). The zero-order valence-corrected chi connectivity index (χ0v) is 11.4. The van der Waals surface area contributed by atoms with Crippen molar-refractivity contribution in [2.75, 3.05) is 11.9 Å². The number of hydrogen-bond donors (Lipinski definition) is 1. The molecule has 0 aliphatic carbocycles. The van der Waals surface area contributed by atoms with Gasteiger partial charge in [0, 0.05) is 5.39 Å². The van der Waals surface area contributed by atoms with Crippen molar-refractivity contribution >= 4 is 28.5 Å². The second-order valence-corrected chi connectivity index (χ2v) is 4.38. The summed E-state index contributed by atoms with van der Waals surface area (Å²) < 4.78 is 4.82. The number of nitrogens with zero attached hydrogens (tertiary/aromatic N) is 1. The number of rotatable bonds is 4. The first-order chi connectivity index (χ1) is 9.61. The van der Waals surface area contributed by atoms with E-state index in [1.807, 2.05) is 30.3 Å². The van der Waals surface area contributed by atoms with Gasteiger partial charge < -0.3 is 10.1 Å². The van der Waals surface area contributed by atoms with Crippen molar-refractivity contribution in [3.8, 4) is 0 Å². The van der Waals surface area contributed by atoms with Gasteiger partial charge in [-0.05, 0) is 26.0 Å². The molecule has 5 heteroatoms. The molecule has 1 atom stereocenters. The molecule has 0 aliphatic rings. The first kappa shape index (κ1) is 14.0.